The zero-order chi connectivity index (χ0) is 23.1. The van der Waals surface area contributed by atoms with Crippen molar-refractivity contribution in [2.45, 2.75) is 44.1 Å². The van der Waals surface area contributed by atoms with Gasteiger partial charge in [-0.3, -0.25) is 14.6 Å². The molecule has 3 N–H and O–H groups in total. The molecule has 0 radical (unpaired) electrons. The van der Waals surface area contributed by atoms with Gasteiger partial charge in [0.1, 0.15) is 23.4 Å². The first-order valence-electron chi connectivity index (χ1n) is 9.10. The molecule has 2 aromatic rings. The van der Waals surface area contributed by atoms with E-state index in [4.69, 9.17) is 10.5 Å². The first-order valence-corrected chi connectivity index (χ1v) is 9.10. The average molecular weight is 443 g/mol. The number of rotatable bonds is 4. The smallest absolute Gasteiger partial charge is 0.364 e. The summed E-state index contributed by atoms with van der Waals surface area (Å²) in [4.78, 5) is 27.8. The number of halogens is 5. The first kappa shape index (κ1) is 22.6. The van der Waals surface area contributed by atoms with Gasteiger partial charge >= 0.3 is 6.18 Å². The molecule has 3 rings (SSSR count). The van der Waals surface area contributed by atoms with Crippen molar-refractivity contribution >= 4 is 17.5 Å². The molecule has 2 amide bonds. The largest absolute Gasteiger partial charge is 0.417 e. The Morgan fingerprint density at radius 1 is 1.26 bits per heavy atom. The van der Waals surface area contributed by atoms with Gasteiger partial charge in [0.15, 0.2) is 5.60 Å². The standard InChI is InChI=1S/C20H18F5N3O3/c1-9-13(21)4-3-11(15(9)22)12-8-19(2,20(23,24)25)31-16(12)18(30)28-10-5-6-27-14(7-10)17(26)29/h3-7,12,16H,8H2,1-2H3,(H2,26,29)(H,27,28,30)/t12-,16+,19+/m0/s1. The van der Waals surface area contributed by atoms with Crippen LogP contribution >= 0.6 is 0 Å². The van der Waals surface area contributed by atoms with Gasteiger partial charge in [-0.15, -0.1) is 0 Å². The fourth-order valence-corrected chi connectivity index (χ4v) is 3.45. The number of nitrogens with two attached hydrogens (primary N) is 1. The molecule has 166 valence electrons. The van der Waals surface area contributed by atoms with E-state index in [9.17, 15) is 31.5 Å². The zero-order valence-electron chi connectivity index (χ0n) is 16.4. The Bertz CT molecular complexity index is 1040. The van der Waals surface area contributed by atoms with Gasteiger partial charge in [0.05, 0.1) is 0 Å². The minimum absolute atomic E-state index is 0.0347. The Labute approximate surface area is 173 Å². The first-order chi connectivity index (χ1) is 14.3. The van der Waals surface area contributed by atoms with Gasteiger partial charge < -0.3 is 15.8 Å². The Morgan fingerprint density at radius 2 is 1.94 bits per heavy atom. The molecule has 1 aromatic heterocycles. The topological polar surface area (TPSA) is 94.3 Å². The second-order valence-corrected chi connectivity index (χ2v) is 7.44. The number of anilines is 1. The van der Waals surface area contributed by atoms with E-state index in [1.165, 1.54) is 12.3 Å². The van der Waals surface area contributed by atoms with Crippen LogP contribution in [0.1, 0.15) is 40.9 Å². The normalized spacial score (nSPS) is 23.6. The highest BCUT2D eigenvalue weighted by Crippen LogP contribution is 2.50. The third-order valence-corrected chi connectivity index (χ3v) is 5.25. The molecule has 2 heterocycles. The molecule has 31 heavy (non-hydrogen) atoms. The lowest BCUT2D eigenvalue weighted by atomic mass is 9.85. The molecule has 0 unspecified atom stereocenters. The van der Waals surface area contributed by atoms with E-state index in [-0.39, 0.29) is 22.5 Å². The number of benzene rings is 1. The molecule has 3 atom stereocenters. The van der Waals surface area contributed by atoms with Crippen molar-refractivity contribution in [3.8, 4) is 0 Å². The molecule has 11 heteroatoms. The fraction of sp³-hybridized carbons (Fsp3) is 0.350. The Hall–Kier alpha value is -3.08. The van der Waals surface area contributed by atoms with E-state index in [0.29, 0.717) is 0 Å². The maximum absolute atomic E-state index is 14.7. The van der Waals surface area contributed by atoms with Crippen LogP contribution in [0.4, 0.5) is 27.6 Å². The Balaban J connectivity index is 1.98. The van der Waals surface area contributed by atoms with Crippen LogP contribution in [0, 0.1) is 18.6 Å². The van der Waals surface area contributed by atoms with Crippen molar-refractivity contribution in [3.63, 3.8) is 0 Å². The van der Waals surface area contributed by atoms with Gasteiger partial charge in [-0.1, -0.05) is 6.07 Å². The highest BCUT2D eigenvalue weighted by molar-refractivity contribution is 5.97. The van der Waals surface area contributed by atoms with Crippen LogP contribution in [0.25, 0.3) is 0 Å². The summed E-state index contributed by atoms with van der Waals surface area (Å²) in [5, 5.41) is 2.34. The molecule has 0 aliphatic carbocycles. The molecule has 0 bridgehead atoms. The minimum Gasteiger partial charge on any atom is -0.364 e. The highest BCUT2D eigenvalue weighted by Gasteiger charge is 2.61. The molecular weight excluding hydrogens is 425 g/mol. The molecule has 0 spiro atoms. The molecule has 1 aliphatic heterocycles. The van der Waals surface area contributed by atoms with Crippen molar-refractivity contribution in [2.75, 3.05) is 5.32 Å². The summed E-state index contributed by atoms with van der Waals surface area (Å²) in [6.07, 6.45) is -6.16. The van der Waals surface area contributed by atoms with E-state index in [1.807, 2.05) is 0 Å². The maximum atomic E-state index is 14.7. The van der Waals surface area contributed by atoms with Crippen LogP contribution < -0.4 is 11.1 Å². The number of nitrogens with zero attached hydrogens (tertiary/aromatic N) is 1. The van der Waals surface area contributed by atoms with Gasteiger partial charge in [-0.2, -0.15) is 13.2 Å². The molecule has 1 saturated heterocycles. The van der Waals surface area contributed by atoms with Crippen molar-refractivity contribution < 1.29 is 36.3 Å². The van der Waals surface area contributed by atoms with Gasteiger partial charge in [0, 0.05) is 23.4 Å². The molecule has 1 aromatic carbocycles. The third-order valence-electron chi connectivity index (χ3n) is 5.25. The number of primary amides is 1. The summed E-state index contributed by atoms with van der Waals surface area (Å²) in [6.45, 7) is 1.91. The number of carbonyl (C=O) groups is 2. The quantitative estimate of drug-likeness (QED) is 0.706. The molecule has 1 fully saturated rings. The van der Waals surface area contributed by atoms with Crippen molar-refractivity contribution in [2.24, 2.45) is 5.73 Å². The Kier molecular flexibility index (Phi) is 5.74. The van der Waals surface area contributed by atoms with Gasteiger partial charge in [0.25, 0.3) is 11.8 Å². The number of aromatic nitrogens is 1. The van der Waals surface area contributed by atoms with Gasteiger partial charge in [-0.25, -0.2) is 8.78 Å². The zero-order valence-corrected chi connectivity index (χ0v) is 16.4. The molecule has 0 saturated carbocycles. The summed E-state index contributed by atoms with van der Waals surface area (Å²) in [6, 6.07) is 4.36. The average Bonchev–Trinajstić information content (AvgIpc) is 3.05. The monoisotopic (exact) mass is 443 g/mol. The number of alkyl halides is 3. The van der Waals surface area contributed by atoms with Gasteiger partial charge in [0.2, 0.25) is 0 Å². The maximum Gasteiger partial charge on any atom is 0.417 e. The highest BCUT2D eigenvalue weighted by atomic mass is 19.4. The second-order valence-electron chi connectivity index (χ2n) is 7.44. The summed E-state index contributed by atoms with van der Waals surface area (Å²) in [7, 11) is 0. The van der Waals surface area contributed by atoms with Crippen molar-refractivity contribution in [3.05, 3.63) is 58.9 Å². The predicted molar refractivity (Wildman–Crippen MR) is 99.2 cm³/mol. The number of amides is 2. The van der Waals surface area contributed by atoms with E-state index >= 15 is 0 Å². The van der Waals surface area contributed by atoms with E-state index in [2.05, 4.69) is 10.3 Å². The SMILES string of the molecule is Cc1c(F)ccc([C@@H]2C[C@](C)(C(F)(F)F)O[C@H]2C(=O)Nc2ccnc(C(N)=O)c2)c1F. The van der Waals surface area contributed by atoms with Crippen LogP contribution in [0.15, 0.2) is 30.5 Å². The lowest BCUT2D eigenvalue weighted by molar-refractivity contribution is -0.261. The Morgan fingerprint density at radius 3 is 2.55 bits per heavy atom. The number of carbonyl (C=O) groups excluding carboxylic acids is 2. The summed E-state index contributed by atoms with van der Waals surface area (Å²) in [5.74, 6) is -5.13. The lowest BCUT2D eigenvalue weighted by Gasteiger charge is -2.27. The van der Waals surface area contributed by atoms with E-state index < -0.39 is 53.7 Å². The van der Waals surface area contributed by atoms with E-state index in [0.717, 1.165) is 32.0 Å². The number of ether oxygens (including phenoxy) is 1. The van der Waals surface area contributed by atoms with Crippen LogP contribution in [0.5, 0.6) is 0 Å². The number of hydrogen-bond acceptors (Lipinski definition) is 4. The summed E-state index contributed by atoms with van der Waals surface area (Å²) < 4.78 is 74.3. The van der Waals surface area contributed by atoms with Crippen LogP contribution in [-0.2, 0) is 9.53 Å². The van der Waals surface area contributed by atoms with Crippen molar-refractivity contribution in [1.82, 2.24) is 4.98 Å². The molecular formula is C20H18F5N3O3. The third kappa shape index (κ3) is 4.22. The second kappa shape index (κ2) is 7.88. The predicted octanol–water partition coefficient (Wildman–Crippen LogP) is 3.60. The number of hydrogen-bond donors (Lipinski definition) is 2. The number of nitrogens with one attached hydrogen (secondary N) is 1. The molecule has 6 nitrogen and oxygen atoms in total. The number of pyridine rings is 1. The van der Waals surface area contributed by atoms with Crippen LogP contribution in [-0.4, -0.2) is 34.7 Å². The van der Waals surface area contributed by atoms with Crippen LogP contribution in [0.3, 0.4) is 0 Å². The summed E-state index contributed by atoms with van der Waals surface area (Å²) in [5.41, 5.74) is 1.61. The minimum atomic E-state index is -4.85. The molecule has 1 aliphatic rings. The van der Waals surface area contributed by atoms with Crippen LogP contribution in [0.2, 0.25) is 0 Å². The summed E-state index contributed by atoms with van der Waals surface area (Å²) >= 11 is 0. The van der Waals surface area contributed by atoms with E-state index in [1.54, 1.807) is 0 Å². The van der Waals surface area contributed by atoms with Gasteiger partial charge in [-0.05, 0) is 44.0 Å². The van der Waals surface area contributed by atoms with Crippen molar-refractivity contribution in [1.29, 1.82) is 0 Å². The fourth-order valence-electron chi connectivity index (χ4n) is 3.45. The lowest BCUT2D eigenvalue weighted by Crippen LogP contribution is -2.43.